The molecule has 146 valence electrons. The Morgan fingerprint density at radius 3 is 2.50 bits per heavy atom. The van der Waals surface area contributed by atoms with Crippen LogP contribution in [-0.4, -0.2) is 23.6 Å². The van der Waals surface area contributed by atoms with Crippen LogP contribution < -0.4 is 14.9 Å². The van der Waals surface area contributed by atoms with Gasteiger partial charge in [0.2, 0.25) is 5.91 Å². The number of benzene rings is 2. The molecule has 0 spiro atoms. The molecule has 1 aromatic heterocycles. The van der Waals surface area contributed by atoms with Gasteiger partial charge in [0, 0.05) is 29.1 Å². The Balaban J connectivity index is 1.47. The second kappa shape index (κ2) is 9.37. The molecule has 0 bridgehead atoms. The number of aromatic nitrogens is 1. The van der Waals surface area contributed by atoms with E-state index in [0.717, 1.165) is 27.4 Å². The minimum absolute atomic E-state index is 0.0105. The van der Waals surface area contributed by atoms with Crippen LogP contribution in [0.5, 0.6) is 5.75 Å². The van der Waals surface area contributed by atoms with Gasteiger partial charge in [0.1, 0.15) is 12.4 Å². The zero-order chi connectivity index (χ0) is 19.9. The number of thiazole rings is 1. The number of hydrogen-bond acceptors (Lipinski definition) is 4. The molecule has 1 amide bonds. The van der Waals surface area contributed by atoms with E-state index in [9.17, 15) is 9.59 Å². The molecule has 5 nitrogen and oxygen atoms in total. The summed E-state index contributed by atoms with van der Waals surface area (Å²) in [6.07, 6.45) is 0.275. The molecule has 3 rings (SSSR count). The highest BCUT2D eigenvalue weighted by Gasteiger charge is 2.10. The van der Waals surface area contributed by atoms with Gasteiger partial charge in [-0.15, -0.1) is 0 Å². The number of amides is 1. The fraction of sp³-hybridized carbons (Fsp3) is 0.273. The van der Waals surface area contributed by atoms with Crippen LogP contribution in [0.15, 0.2) is 59.4 Å². The fourth-order valence-corrected chi connectivity index (χ4v) is 3.81. The van der Waals surface area contributed by atoms with Gasteiger partial charge in [0.05, 0.1) is 6.54 Å². The van der Waals surface area contributed by atoms with Gasteiger partial charge < -0.3 is 14.6 Å². The van der Waals surface area contributed by atoms with Crippen molar-refractivity contribution in [3.63, 3.8) is 0 Å². The number of para-hydroxylation sites is 1. The number of hydrogen-bond donors (Lipinski definition) is 1. The topological polar surface area (TPSA) is 60.3 Å². The molecule has 2 aromatic carbocycles. The van der Waals surface area contributed by atoms with Crippen molar-refractivity contribution in [2.24, 2.45) is 0 Å². The summed E-state index contributed by atoms with van der Waals surface area (Å²) in [4.78, 5) is 24.9. The molecule has 0 atom stereocenters. The standard InChI is InChI=1S/C22H24N2O3S/c1-16-17(2)28-22(26)24(16)14-12-21(25)23-13-15-27-20-11-7-6-10-19(20)18-8-4-3-5-9-18/h3-11H,12-15H2,1-2H3,(H,23,25). The zero-order valence-electron chi connectivity index (χ0n) is 16.1. The SMILES string of the molecule is Cc1sc(=O)n(CCC(=O)NCCOc2ccccc2-c2ccccc2)c1C. The molecule has 1 heterocycles. The number of aryl methyl sites for hydroxylation is 1. The molecular formula is C22H24N2O3S. The lowest BCUT2D eigenvalue weighted by Crippen LogP contribution is -2.29. The molecular weight excluding hydrogens is 372 g/mol. The molecule has 6 heteroatoms. The summed E-state index contributed by atoms with van der Waals surface area (Å²) in [5, 5.41) is 2.85. The molecule has 0 aliphatic rings. The molecule has 0 saturated heterocycles. The predicted octanol–water partition coefficient (Wildman–Crippen LogP) is 3.78. The van der Waals surface area contributed by atoms with Crippen LogP contribution in [0.3, 0.4) is 0 Å². The lowest BCUT2D eigenvalue weighted by molar-refractivity contribution is -0.121. The molecule has 0 aliphatic heterocycles. The average molecular weight is 397 g/mol. The van der Waals surface area contributed by atoms with Crippen LogP contribution in [0, 0.1) is 13.8 Å². The monoisotopic (exact) mass is 396 g/mol. The number of ether oxygens (including phenoxy) is 1. The number of nitrogens with one attached hydrogen (secondary N) is 1. The van der Waals surface area contributed by atoms with Crippen LogP contribution >= 0.6 is 11.3 Å². The highest BCUT2D eigenvalue weighted by atomic mass is 32.1. The first-order chi connectivity index (χ1) is 13.6. The van der Waals surface area contributed by atoms with E-state index in [1.165, 1.54) is 11.3 Å². The summed E-state index contributed by atoms with van der Waals surface area (Å²) in [6, 6.07) is 17.9. The van der Waals surface area contributed by atoms with Crippen molar-refractivity contribution >= 4 is 17.2 Å². The van der Waals surface area contributed by atoms with E-state index in [4.69, 9.17) is 4.74 Å². The normalized spacial score (nSPS) is 10.6. The van der Waals surface area contributed by atoms with Crippen molar-refractivity contribution < 1.29 is 9.53 Å². The molecule has 1 N–H and O–H groups in total. The lowest BCUT2D eigenvalue weighted by Gasteiger charge is -2.12. The van der Waals surface area contributed by atoms with Gasteiger partial charge in [-0.05, 0) is 25.5 Å². The quantitative estimate of drug-likeness (QED) is 0.590. The maximum absolute atomic E-state index is 12.1. The van der Waals surface area contributed by atoms with Crippen LogP contribution in [-0.2, 0) is 11.3 Å². The summed E-state index contributed by atoms with van der Waals surface area (Å²) in [5.41, 5.74) is 3.05. The summed E-state index contributed by atoms with van der Waals surface area (Å²) < 4.78 is 7.54. The summed E-state index contributed by atoms with van der Waals surface area (Å²) in [6.45, 7) is 5.02. The van der Waals surface area contributed by atoms with Crippen molar-refractivity contribution in [2.45, 2.75) is 26.8 Å². The van der Waals surface area contributed by atoms with Gasteiger partial charge in [0.15, 0.2) is 0 Å². The largest absolute Gasteiger partial charge is 0.491 e. The van der Waals surface area contributed by atoms with Gasteiger partial charge in [-0.2, -0.15) is 0 Å². The highest BCUT2D eigenvalue weighted by molar-refractivity contribution is 7.09. The van der Waals surface area contributed by atoms with Gasteiger partial charge >= 0.3 is 4.87 Å². The number of rotatable bonds is 8. The molecule has 3 aromatic rings. The highest BCUT2D eigenvalue weighted by Crippen LogP contribution is 2.29. The van der Waals surface area contributed by atoms with Crippen molar-refractivity contribution in [2.75, 3.05) is 13.2 Å². The van der Waals surface area contributed by atoms with Crippen LogP contribution in [0.1, 0.15) is 17.0 Å². The number of nitrogens with zero attached hydrogens (tertiary/aromatic N) is 1. The third-order valence-electron chi connectivity index (χ3n) is 4.59. The van der Waals surface area contributed by atoms with Crippen molar-refractivity contribution in [3.05, 3.63) is 74.8 Å². The Bertz CT molecular complexity index is 993. The smallest absolute Gasteiger partial charge is 0.307 e. The first-order valence-electron chi connectivity index (χ1n) is 9.27. The molecule has 28 heavy (non-hydrogen) atoms. The number of carbonyl (C=O) groups excluding carboxylic acids is 1. The van der Waals surface area contributed by atoms with E-state index < -0.39 is 0 Å². The second-order valence-corrected chi connectivity index (χ2v) is 7.64. The Hall–Kier alpha value is -2.86. The van der Waals surface area contributed by atoms with Crippen LogP contribution in [0.2, 0.25) is 0 Å². The van der Waals surface area contributed by atoms with E-state index >= 15 is 0 Å². The Morgan fingerprint density at radius 1 is 1.07 bits per heavy atom. The van der Waals surface area contributed by atoms with E-state index in [2.05, 4.69) is 5.32 Å². The van der Waals surface area contributed by atoms with Crippen LogP contribution in [0.25, 0.3) is 11.1 Å². The summed E-state index contributed by atoms with van der Waals surface area (Å²) in [7, 11) is 0. The number of carbonyl (C=O) groups is 1. The summed E-state index contributed by atoms with van der Waals surface area (Å²) >= 11 is 1.22. The molecule has 0 unspecified atom stereocenters. The van der Waals surface area contributed by atoms with E-state index in [0.29, 0.717) is 19.7 Å². The van der Waals surface area contributed by atoms with E-state index in [1.54, 1.807) is 4.57 Å². The lowest BCUT2D eigenvalue weighted by atomic mass is 10.1. The molecule has 0 radical (unpaired) electrons. The minimum atomic E-state index is -0.0879. The maximum atomic E-state index is 12.1. The minimum Gasteiger partial charge on any atom is -0.491 e. The van der Waals surface area contributed by atoms with Crippen molar-refractivity contribution in [1.29, 1.82) is 0 Å². The average Bonchev–Trinajstić information content (AvgIpc) is 2.96. The fourth-order valence-electron chi connectivity index (χ4n) is 2.95. The van der Waals surface area contributed by atoms with Gasteiger partial charge in [-0.25, -0.2) is 0 Å². The first-order valence-corrected chi connectivity index (χ1v) is 10.1. The predicted molar refractivity (Wildman–Crippen MR) is 113 cm³/mol. The Labute approximate surface area is 168 Å². The van der Waals surface area contributed by atoms with Crippen molar-refractivity contribution in [1.82, 2.24) is 9.88 Å². The first kappa shape index (κ1) is 19.9. The molecule has 0 aliphatic carbocycles. The van der Waals surface area contributed by atoms with Crippen molar-refractivity contribution in [3.8, 4) is 16.9 Å². The third-order valence-corrected chi connectivity index (χ3v) is 5.59. The second-order valence-electron chi connectivity index (χ2n) is 6.47. The zero-order valence-corrected chi connectivity index (χ0v) is 16.9. The Kier molecular flexibility index (Phi) is 6.66. The van der Waals surface area contributed by atoms with Gasteiger partial charge in [0.25, 0.3) is 0 Å². The molecule has 0 fully saturated rings. The molecule has 0 saturated carbocycles. The maximum Gasteiger partial charge on any atom is 0.307 e. The van der Waals surface area contributed by atoms with Gasteiger partial charge in [-0.1, -0.05) is 59.9 Å². The van der Waals surface area contributed by atoms with Crippen LogP contribution in [0.4, 0.5) is 0 Å². The summed E-state index contributed by atoms with van der Waals surface area (Å²) in [5.74, 6) is 0.703. The van der Waals surface area contributed by atoms with Gasteiger partial charge in [-0.3, -0.25) is 9.59 Å². The van der Waals surface area contributed by atoms with E-state index in [-0.39, 0.29) is 17.2 Å². The third kappa shape index (κ3) is 4.89. The Morgan fingerprint density at radius 2 is 1.79 bits per heavy atom. The van der Waals surface area contributed by atoms with E-state index in [1.807, 2.05) is 68.4 Å².